The summed E-state index contributed by atoms with van der Waals surface area (Å²) in [5, 5.41) is 6.14. The summed E-state index contributed by atoms with van der Waals surface area (Å²) in [6, 6.07) is 11.4. The highest BCUT2D eigenvalue weighted by Gasteiger charge is 2.26. The van der Waals surface area contributed by atoms with E-state index in [0.717, 1.165) is 12.0 Å². The van der Waals surface area contributed by atoms with E-state index in [2.05, 4.69) is 42.6 Å². The molecule has 25 heavy (non-hydrogen) atoms. The van der Waals surface area contributed by atoms with Gasteiger partial charge in [-0.25, -0.2) is 4.79 Å². The Morgan fingerprint density at radius 3 is 2.52 bits per heavy atom. The summed E-state index contributed by atoms with van der Waals surface area (Å²) in [6.07, 6.45) is 3.45. The van der Waals surface area contributed by atoms with Gasteiger partial charge in [0.1, 0.15) is 6.04 Å². The number of urea groups is 1. The number of nitrogens with two attached hydrogens (primary N) is 2. The van der Waals surface area contributed by atoms with Crippen molar-refractivity contribution < 1.29 is 14.9 Å². The zero-order valence-electron chi connectivity index (χ0n) is 14.7. The normalized spacial score (nSPS) is 13.2. The second-order valence-electron chi connectivity index (χ2n) is 6.17. The van der Waals surface area contributed by atoms with E-state index in [4.69, 9.17) is 5.73 Å². The zero-order chi connectivity index (χ0) is 18.2. The van der Waals surface area contributed by atoms with Gasteiger partial charge >= 0.3 is 6.03 Å². The molecule has 0 radical (unpaired) electrons. The molecular formula is C19H26N3O2S+. The van der Waals surface area contributed by atoms with Gasteiger partial charge in [-0.05, 0) is 36.8 Å². The maximum atomic E-state index is 12.0. The van der Waals surface area contributed by atoms with E-state index in [1.165, 1.54) is 23.3 Å². The van der Waals surface area contributed by atoms with Crippen LogP contribution in [0.25, 0.3) is 0 Å². The van der Waals surface area contributed by atoms with Gasteiger partial charge in [0.05, 0.1) is 4.88 Å². The fourth-order valence-corrected chi connectivity index (χ4v) is 3.55. The molecule has 0 saturated carbocycles. The van der Waals surface area contributed by atoms with E-state index in [-0.39, 0.29) is 11.9 Å². The van der Waals surface area contributed by atoms with Crippen LogP contribution in [0.4, 0.5) is 4.79 Å². The molecule has 5 nitrogen and oxygen atoms in total. The number of hydrogen-bond acceptors (Lipinski definition) is 3. The van der Waals surface area contributed by atoms with E-state index in [1.807, 2.05) is 16.8 Å². The number of primary amides is 1. The molecule has 0 saturated heterocycles. The minimum Gasteiger partial charge on any atom is -0.351 e. The van der Waals surface area contributed by atoms with Crippen LogP contribution >= 0.6 is 11.3 Å². The standard InChI is InChI=1S/C19H25N3O2S/c1-3-4-6-14-8-10-15(11-9-14)17(16-7-5-12-25-16)21-13(2)18(23)22-19(20)24/h5,7-13,17,21H,3-4,6H2,1-2H3,(H3,20,22,23,24)/p+1/t13-,17-/m0/s1. The number of carbonyl (C=O) groups excluding carboxylic acids is 2. The van der Waals surface area contributed by atoms with Gasteiger partial charge in [0.15, 0.2) is 6.04 Å². The summed E-state index contributed by atoms with van der Waals surface area (Å²) < 4.78 is 0. The zero-order valence-corrected chi connectivity index (χ0v) is 15.5. The summed E-state index contributed by atoms with van der Waals surface area (Å²) in [7, 11) is 0. The van der Waals surface area contributed by atoms with Crippen LogP contribution in [0.3, 0.4) is 0 Å². The highest BCUT2D eigenvalue weighted by Crippen LogP contribution is 2.23. The van der Waals surface area contributed by atoms with Crippen LogP contribution in [0.2, 0.25) is 0 Å². The van der Waals surface area contributed by atoms with Crippen LogP contribution in [0, 0.1) is 0 Å². The number of quaternary nitrogens is 1. The molecule has 1 heterocycles. The third-order valence-electron chi connectivity index (χ3n) is 4.15. The predicted octanol–water partition coefficient (Wildman–Crippen LogP) is 2.33. The Morgan fingerprint density at radius 2 is 1.96 bits per heavy atom. The van der Waals surface area contributed by atoms with Gasteiger partial charge in [0, 0.05) is 5.56 Å². The first-order valence-corrected chi connectivity index (χ1v) is 9.46. The molecule has 0 aliphatic heterocycles. The highest BCUT2D eigenvalue weighted by atomic mass is 32.1. The Kier molecular flexibility index (Phi) is 7.16. The number of hydrogen-bond donors (Lipinski definition) is 3. The molecule has 1 aromatic heterocycles. The van der Waals surface area contributed by atoms with Crippen molar-refractivity contribution in [3.63, 3.8) is 0 Å². The van der Waals surface area contributed by atoms with Gasteiger partial charge in [0.25, 0.3) is 5.91 Å². The molecule has 0 unspecified atom stereocenters. The molecule has 0 fully saturated rings. The molecule has 2 rings (SSSR count). The number of amides is 3. The maximum Gasteiger partial charge on any atom is 0.319 e. The average Bonchev–Trinajstić information content (AvgIpc) is 3.12. The van der Waals surface area contributed by atoms with Crippen LogP contribution in [-0.4, -0.2) is 18.0 Å². The predicted molar refractivity (Wildman–Crippen MR) is 100 cm³/mol. The van der Waals surface area contributed by atoms with Crippen molar-refractivity contribution in [2.45, 2.75) is 45.2 Å². The van der Waals surface area contributed by atoms with Crippen LogP contribution in [-0.2, 0) is 11.2 Å². The summed E-state index contributed by atoms with van der Waals surface area (Å²) in [6.45, 7) is 3.96. The van der Waals surface area contributed by atoms with E-state index in [0.29, 0.717) is 0 Å². The molecule has 0 spiro atoms. The topological polar surface area (TPSA) is 88.8 Å². The minimum atomic E-state index is -0.821. The first-order valence-electron chi connectivity index (χ1n) is 8.58. The second kappa shape index (κ2) is 9.34. The van der Waals surface area contributed by atoms with Gasteiger partial charge < -0.3 is 11.1 Å². The van der Waals surface area contributed by atoms with Crippen LogP contribution in [0.1, 0.15) is 48.7 Å². The fourth-order valence-electron chi connectivity index (χ4n) is 2.72. The van der Waals surface area contributed by atoms with E-state index >= 15 is 0 Å². The Bertz CT molecular complexity index is 683. The number of aryl methyl sites for hydroxylation is 1. The van der Waals surface area contributed by atoms with Crippen molar-refractivity contribution >= 4 is 23.3 Å². The molecule has 134 valence electrons. The number of imide groups is 1. The van der Waals surface area contributed by atoms with E-state index < -0.39 is 12.1 Å². The summed E-state index contributed by atoms with van der Waals surface area (Å²) in [4.78, 5) is 24.1. The van der Waals surface area contributed by atoms with Gasteiger partial charge in [-0.2, -0.15) is 0 Å². The third kappa shape index (κ3) is 5.69. The van der Waals surface area contributed by atoms with Gasteiger partial charge in [0.2, 0.25) is 0 Å². The monoisotopic (exact) mass is 360 g/mol. The first-order chi connectivity index (χ1) is 12.0. The van der Waals surface area contributed by atoms with Crippen molar-refractivity contribution in [2.24, 2.45) is 5.73 Å². The number of thiophene rings is 1. The largest absolute Gasteiger partial charge is 0.351 e. The Hall–Kier alpha value is -2.18. The summed E-state index contributed by atoms with van der Waals surface area (Å²) in [5.41, 5.74) is 7.51. The minimum absolute atomic E-state index is 0.00820. The Morgan fingerprint density at radius 1 is 1.24 bits per heavy atom. The number of rotatable bonds is 8. The van der Waals surface area contributed by atoms with Crippen LogP contribution in [0.5, 0.6) is 0 Å². The fraction of sp³-hybridized carbons (Fsp3) is 0.368. The molecule has 5 N–H and O–H groups in total. The van der Waals surface area contributed by atoms with Crippen molar-refractivity contribution in [1.82, 2.24) is 5.32 Å². The molecule has 3 amide bonds. The van der Waals surface area contributed by atoms with E-state index in [1.54, 1.807) is 18.3 Å². The Balaban J connectivity index is 2.16. The Labute approximate surface area is 152 Å². The lowest BCUT2D eigenvalue weighted by Crippen LogP contribution is -2.92. The molecule has 6 heteroatoms. The quantitative estimate of drug-likeness (QED) is 0.674. The maximum absolute atomic E-state index is 12.0. The molecule has 0 aliphatic carbocycles. The molecule has 2 aromatic rings. The lowest BCUT2D eigenvalue weighted by Gasteiger charge is -2.19. The molecular weight excluding hydrogens is 334 g/mol. The van der Waals surface area contributed by atoms with Gasteiger partial charge in [-0.3, -0.25) is 10.1 Å². The van der Waals surface area contributed by atoms with Crippen molar-refractivity contribution in [3.05, 3.63) is 57.8 Å². The first kappa shape index (κ1) is 19.1. The van der Waals surface area contributed by atoms with E-state index in [9.17, 15) is 9.59 Å². The molecule has 0 aliphatic rings. The lowest BCUT2D eigenvalue weighted by atomic mass is 10.0. The number of nitrogens with one attached hydrogen (secondary N) is 1. The molecule has 2 atom stereocenters. The number of unbranched alkanes of at least 4 members (excludes halogenated alkanes) is 1. The summed E-state index contributed by atoms with van der Waals surface area (Å²) >= 11 is 1.66. The van der Waals surface area contributed by atoms with Crippen molar-refractivity contribution in [2.75, 3.05) is 0 Å². The molecule has 0 bridgehead atoms. The number of benzene rings is 1. The van der Waals surface area contributed by atoms with Crippen molar-refractivity contribution in [1.29, 1.82) is 0 Å². The van der Waals surface area contributed by atoms with Gasteiger partial charge in [-0.15, -0.1) is 11.3 Å². The second-order valence-corrected chi connectivity index (χ2v) is 7.15. The highest BCUT2D eigenvalue weighted by molar-refractivity contribution is 7.10. The molecule has 1 aromatic carbocycles. The van der Waals surface area contributed by atoms with Crippen LogP contribution in [0.15, 0.2) is 41.8 Å². The number of carbonyl (C=O) groups is 2. The van der Waals surface area contributed by atoms with Gasteiger partial charge in [-0.1, -0.05) is 43.7 Å². The van der Waals surface area contributed by atoms with Crippen LogP contribution < -0.4 is 16.4 Å². The third-order valence-corrected chi connectivity index (χ3v) is 5.10. The van der Waals surface area contributed by atoms with Crippen molar-refractivity contribution in [3.8, 4) is 0 Å². The SMILES string of the molecule is CCCCc1ccc([C@H]([NH2+][C@@H](C)C(=O)NC(N)=O)c2cccs2)cc1. The smallest absolute Gasteiger partial charge is 0.319 e. The lowest BCUT2D eigenvalue weighted by molar-refractivity contribution is -0.704. The average molecular weight is 361 g/mol. The summed E-state index contributed by atoms with van der Waals surface area (Å²) in [5.74, 6) is -0.381.